The average molecular weight is 402 g/mol. The molecule has 0 N–H and O–H groups in total. The lowest BCUT2D eigenvalue weighted by Crippen LogP contribution is -2.10. The minimum absolute atomic E-state index is 0.0285. The number of thiazole rings is 1. The SMILES string of the molecule is CCC(=O)c1nc([N+](=O)[O-])c(S(=O)(=O)Oc2ccc(OC)c(OC)c2)s1. The quantitative estimate of drug-likeness (QED) is 0.282. The van der Waals surface area contributed by atoms with Gasteiger partial charge in [0.05, 0.1) is 14.2 Å². The Kier molecular flexibility index (Phi) is 5.77. The minimum Gasteiger partial charge on any atom is -0.493 e. The van der Waals surface area contributed by atoms with E-state index in [1.807, 2.05) is 0 Å². The van der Waals surface area contributed by atoms with Gasteiger partial charge in [-0.15, -0.1) is 0 Å². The van der Waals surface area contributed by atoms with Gasteiger partial charge in [0.1, 0.15) is 5.75 Å². The normalized spacial score (nSPS) is 11.0. The summed E-state index contributed by atoms with van der Waals surface area (Å²) in [5.41, 5.74) is 0. The van der Waals surface area contributed by atoms with Crippen molar-refractivity contribution in [3.05, 3.63) is 33.3 Å². The average Bonchev–Trinajstić information content (AvgIpc) is 3.07. The van der Waals surface area contributed by atoms with Gasteiger partial charge >= 0.3 is 15.9 Å². The number of methoxy groups -OCH3 is 2. The molecule has 0 saturated carbocycles. The predicted octanol–water partition coefficient (Wildman–Crippen LogP) is 2.43. The molecule has 12 heteroatoms. The van der Waals surface area contributed by atoms with Gasteiger partial charge in [-0.25, -0.2) is 0 Å². The molecule has 0 aliphatic carbocycles. The van der Waals surface area contributed by atoms with Crippen LogP contribution in [-0.4, -0.2) is 38.3 Å². The maximum atomic E-state index is 12.5. The number of rotatable bonds is 8. The monoisotopic (exact) mass is 402 g/mol. The van der Waals surface area contributed by atoms with E-state index in [-0.39, 0.29) is 22.9 Å². The highest BCUT2D eigenvalue weighted by Crippen LogP contribution is 2.35. The fraction of sp³-hybridized carbons (Fsp3) is 0.286. The number of benzene rings is 1. The fourth-order valence-corrected chi connectivity index (χ4v) is 4.18. The second kappa shape index (κ2) is 7.66. The van der Waals surface area contributed by atoms with Crippen LogP contribution in [0.3, 0.4) is 0 Å². The van der Waals surface area contributed by atoms with Crippen LogP contribution in [-0.2, 0) is 10.1 Å². The van der Waals surface area contributed by atoms with Crippen LogP contribution in [0.25, 0.3) is 0 Å². The molecule has 0 unspecified atom stereocenters. The molecule has 26 heavy (non-hydrogen) atoms. The summed E-state index contributed by atoms with van der Waals surface area (Å²) in [6, 6.07) is 3.96. The van der Waals surface area contributed by atoms with Gasteiger partial charge in [-0.1, -0.05) is 18.3 Å². The highest BCUT2D eigenvalue weighted by Gasteiger charge is 2.36. The molecule has 10 nitrogen and oxygen atoms in total. The van der Waals surface area contributed by atoms with Crippen LogP contribution in [0.15, 0.2) is 22.4 Å². The predicted molar refractivity (Wildman–Crippen MR) is 90.7 cm³/mol. The number of nitro groups is 1. The third-order valence-corrected chi connectivity index (χ3v) is 5.89. The molecule has 0 aliphatic rings. The van der Waals surface area contributed by atoms with E-state index >= 15 is 0 Å². The molecule has 0 amide bonds. The molecule has 1 aromatic carbocycles. The first-order chi connectivity index (χ1) is 12.2. The first kappa shape index (κ1) is 19.6. The summed E-state index contributed by atoms with van der Waals surface area (Å²) in [6.45, 7) is 1.53. The Hall–Kier alpha value is -2.73. The van der Waals surface area contributed by atoms with Crippen LogP contribution in [0.2, 0.25) is 0 Å². The maximum Gasteiger partial charge on any atom is 0.398 e. The van der Waals surface area contributed by atoms with Crippen LogP contribution < -0.4 is 13.7 Å². The zero-order chi connectivity index (χ0) is 19.5. The lowest BCUT2D eigenvalue weighted by molar-refractivity contribution is -0.391. The van der Waals surface area contributed by atoms with E-state index in [2.05, 4.69) is 4.98 Å². The largest absolute Gasteiger partial charge is 0.493 e. The molecule has 0 saturated heterocycles. The van der Waals surface area contributed by atoms with E-state index in [1.54, 1.807) is 0 Å². The molecule has 0 fully saturated rings. The Labute approximate surface area is 152 Å². The molecule has 0 radical (unpaired) electrons. The minimum atomic E-state index is -4.59. The van der Waals surface area contributed by atoms with E-state index in [0.29, 0.717) is 17.1 Å². The lowest BCUT2D eigenvalue weighted by Gasteiger charge is -2.10. The first-order valence-electron chi connectivity index (χ1n) is 7.08. The summed E-state index contributed by atoms with van der Waals surface area (Å²) in [7, 11) is -1.83. The van der Waals surface area contributed by atoms with E-state index in [1.165, 1.54) is 39.3 Å². The summed E-state index contributed by atoms with van der Waals surface area (Å²) in [4.78, 5) is 25.3. The number of hydrogen-bond donors (Lipinski definition) is 0. The molecule has 0 spiro atoms. The summed E-state index contributed by atoms with van der Waals surface area (Å²) in [5, 5.41) is 10.8. The van der Waals surface area contributed by atoms with Gasteiger partial charge in [-0.2, -0.15) is 8.42 Å². The van der Waals surface area contributed by atoms with Gasteiger partial charge < -0.3 is 23.8 Å². The van der Waals surface area contributed by atoms with Crippen molar-refractivity contribution in [2.45, 2.75) is 17.6 Å². The van der Waals surface area contributed by atoms with Gasteiger partial charge in [0, 0.05) is 12.5 Å². The number of hydrogen-bond acceptors (Lipinski definition) is 10. The zero-order valence-corrected chi connectivity index (χ0v) is 15.5. The number of carbonyl (C=O) groups excluding carboxylic acids is 1. The van der Waals surface area contributed by atoms with Crippen molar-refractivity contribution < 1.29 is 31.8 Å². The number of ether oxygens (including phenoxy) is 2. The van der Waals surface area contributed by atoms with Crippen LogP contribution in [0, 0.1) is 10.1 Å². The molecule has 0 aliphatic heterocycles. The van der Waals surface area contributed by atoms with Crippen molar-refractivity contribution in [1.82, 2.24) is 4.98 Å². The summed E-state index contributed by atoms with van der Waals surface area (Å²) in [5.74, 6) is -1.05. The number of carbonyl (C=O) groups is 1. The van der Waals surface area contributed by atoms with Crippen molar-refractivity contribution in [2.75, 3.05) is 14.2 Å². The van der Waals surface area contributed by atoms with Crippen molar-refractivity contribution >= 4 is 33.1 Å². The summed E-state index contributed by atoms with van der Waals surface area (Å²) in [6.07, 6.45) is 0.0285. The molecular weight excluding hydrogens is 388 g/mol. The van der Waals surface area contributed by atoms with Crippen molar-refractivity contribution in [3.63, 3.8) is 0 Å². The maximum absolute atomic E-state index is 12.5. The van der Waals surface area contributed by atoms with E-state index in [9.17, 15) is 23.3 Å². The lowest BCUT2D eigenvalue weighted by atomic mass is 10.3. The fourth-order valence-electron chi connectivity index (χ4n) is 1.88. The number of aromatic nitrogens is 1. The van der Waals surface area contributed by atoms with Crippen molar-refractivity contribution in [2.24, 2.45) is 0 Å². The second-order valence-electron chi connectivity index (χ2n) is 4.72. The highest BCUT2D eigenvalue weighted by molar-refractivity contribution is 7.89. The van der Waals surface area contributed by atoms with Crippen molar-refractivity contribution in [3.8, 4) is 17.2 Å². The van der Waals surface area contributed by atoms with E-state index < -0.39 is 30.9 Å². The third-order valence-electron chi connectivity index (χ3n) is 3.10. The van der Waals surface area contributed by atoms with Crippen LogP contribution in [0.4, 0.5) is 5.82 Å². The van der Waals surface area contributed by atoms with Crippen LogP contribution >= 0.6 is 11.3 Å². The summed E-state index contributed by atoms with van der Waals surface area (Å²) < 4.78 is 39.2. The molecule has 0 atom stereocenters. The van der Waals surface area contributed by atoms with Crippen molar-refractivity contribution in [1.29, 1.82) is 0 Å². The highest BCUT2D eigenvalue weighted by atomic mass is 32.3. The third kappa shape index (κ3) is 3.91. The molecule has 1 aromatic heterocycles. The van der Waals surface area contributed by atoms with Gasteiger partial charge in [0.25, 0.3) is 9.22 Å². The standard InChI is InChI=1S/C14H14N2O8S2/c1-4-9(17)13-15-12(16(18)19)14(25-13)26(20,21)24-8-5-6-10(22-2)11(7-8)23-3/h5-7H,4H2,1-3H3. The van der Waals surface area contributed by atoms with E-state index in [0.717, 1.165) is 0 Å². The molecule has 1 heterocycles. The Morgan fingerprint density at radius 2 is 1.92 bits per heavy atom. The molecular formula is C14H14N2O8S2. The van der Waals surface area contributed by atoms with E-state index in [4.69, 9.17) is 13.7 Å². The van der Waals surface area contributed by atoms with Gasteiger partial charge in [-0.3, -0.25) is 4.79 Å². The molecule has 2 rings (SSSR count). The van der Waals surface area contributed by atoms with Crippen LogP contribution in [0.1, 0.15) is 23.1 Å². The smallest absolute Gasteiger partial charge is 0.398 e. The second-order valence-corrected chi connectivity index (χ2v) is 7.46. The van der Waals surface area contributed by atoms with Gasteiger partial charge in [-0.05, 0) is 22.0 Å². The Bertz CT molecular complexity index is 952. The Morgan fingerprint density at radius 1 is 1.27 bits per heavy atom. The number of nitrogens with zero attached hydrogens (tertiary/aromatic N) is 2. The van der Waals surface area contributed by atoms with Gasteiger partial charge in [0.2, 0.25) is 5.78 Å². The number of Topliss-reactive ketones (excluding diaryl/α,β-unsaturated/α-hetero) is 1. The Balaban J connectivity index is 2.46. The first-order valence-corrected chi connectivity index (χ1v) is 9.30. The Morgan fingerprint density at radius 3 is 2.46 bits per heavy atom. The van der Waals surface area contributed by atoms with Gasteiger partial charge in [0.15, 0.2) is 11.5 Å². The van der Waals surface area contributed by atoms with Crippen LogP contribution in [0.5, 0.6) is 17.2 Å². The molecule has 0 bridgehead atoms. The summed E-state index contributed by atoms with van der Waals surface area (Å²) >= 11 is 0.393. The molecule has 140 valence electrons. The molecule has 2 aromatic rings. The topological polar surface area (TPSA) is 135 Å². The number of ketones is 1. The zero-order valence-electron chi connectivity index (χ0n) is 13.9.